The molecule has 0 radical (unpaired) electrons. The first-order valence-corrected chi connectivity index (χ1v) is 24.9. The molecule has 19 atom stereocenters. The van der Waals surface area contributed by atoms with Crippen LogP contribution in [0.4, 0.5) is 0 Å². The minimum atomic E-state index is -2.06. The molecule has 1 aromatic carbocycles. The summed E-state index contributed by atoms with van der Waals surface area (Å²) in [5.74, 6) is -2.42. The highest BCUT2D eigenvalue weighted by Gasteiger charge is 2.73. The molecule has 5 heterocycles. The van der Waals surface area contributed by atoms with E-state index < -0.39 is 166 Å². The summed E-state index contributed by atoms with van der Waals surface area (Å²) < 4.78 is 62.7. The monoisotopic (exact) mass is 1060 g/mol. The fraction of sp³-hybridized carbons (Fsp3) is 0.792. The average molecular weight is 1060 g/mol. The molecule has 2 saturated carbocycles. The molecule has 2 bridgehead atoms. The van der Waals surface area contributed by atoms with Gasteiger partial charge in [-0.15, -0.1) is 0 Å². The molecule has 15 unspecified atom stereocenters. The number of esters is 1. The SMILES string of the molecule is COC1OC(COCC(=O)O)C(OC2OC(COCC(=O)NC(C)(C)C(=O)Oc3ccc4c5c3O[C@H]3C(=O)CC[C@@]6(O)[C@@H](C4)N(CC4CC4)CC[C@]536)C(OC3OC(CO)C(OC)C(O)C3O)C(O)C2O)C(O)C1O. The Balaban J connectivity index is 0.886. The van der Waals surface area contributed by atoms with Gasteiger partial charge < -0.3 is 103 Å². The van der Waals surface area contributed by atoms with E-state index in [1.54, 1.807) is 6.07 Å². The van der Waals surface area contributed by atoms with E-state index in [-0.39, 0.29) is 36.2 Å². The lowest BCUT2D eigenvalue weighted by Gasteiger charge is -2.62. The average Bonchev–Trinajstić information content (AvgIpc) is 4.13. The highest BCUT2D eigenvalue weighted by atomic mass is 16.8. The van der Waals surface area contributed by atoms with Gasteiger partial charge in [0.1, 0.15) is 92.0 Å². The number of nitrogens with one attached hydrogen (secondary N) is 1. The molecule has 74 heavy (non-hydrogen) atoms. The number of carboxylic acids is 1. The number of piperidine rings is 1. The number of likely N-dealkylation sites (tertiary alicyclic amines) is 1. The van der Waals surface area contributed by atoms with E-state index >= 15 is 0 Å². The molecule has 414 valence electrons. The molecule has 8 aliphatic rings. The van der Waals surface area contributed by atoms with Crippen LogP contribution in [-0.4, -0.2) is 250 Å². The third-order valence-electron chi connectivity index (χ3n) is 15.9. The molecule has 3 aliphatic carbocycles. The predicted molar refractivity (Wildman–Crippen MR) is 242 cm³/mol. The van der Waals surface area contributed by atoms with Gasteiger partial charge in [-0.1, -0.05) is 6.07 Å². The molecule has 4 saturated heterocycles. The number of hydrogen-bond donors (Lipinski definition) is 10. The summed E-state index contributed by atoms with van der Waals surface area (Å²) in [6.07, 6.45) is -22.4. The minimum Gasteiger partial charge on any atom is -0.480 e. The molecule has 0 aromatic heterocycles. The number of Topliss-reactive ketones (excluding diaryl/α,β-unsaturated/α-hetero) is 1. The van der Waals surface area contributed by atoms with E-state index in [0.29, 0.717) is 30.9 Å². The van der Waals surface area contributed by atoms with Crippen LogP contribution in [0.5, 0.6) is 11.5 Å². The Labute approximate surface area is 424 Å². The quantitative estimate of drug-likeness (QED) is 0.0435. The fourth-order valence-corrected chi connectivity index (χ4v) is 12.0. The Hall–Kier alpha value is -3.62. The number of amides is 1. The smallest absolute Gasteiger partial charge is 0.336 e. The topological polar surface area (TPSA) is 367 Å². The molecule has 26 heteroatoms. The molecule has 9 rings (SSSR count). The second-order valence-electron chi connectivity index (χ2n) is 21.1. The van der Waals surface area contributed by atoms with Crippen molar-refractivity contribution in [1.82, 2.24) is 10.2 Å². The maximum atomic E-state index is 14.0. The lowest BCUT2D eigenvalue weighted by atomic mass is 9.49. The predicted octanol–water partition coefficient (Wildman–Crippen LogP) is -4.50. The molecule has 26 nitrogen and oxygen atoms in total. The normalized spacial score (nSPS) is 40.8. The van der Waals surface area contributed by atoms with Gasteiger partial charge in [0.15, 0.2) is 42.3 Å². The number of aliphatic hydroxyl groups excluding tert-OH is 7. The second-order valence-corrected chi connectivity index (χ2v) is 21.1. The fourth-order valence-electron chi connectivity index (χ4n) is 12.0. The maximum Gasteiger partial charge on any atom is 0.336 e. The van der Waals surface area contributed by atoms with Gasteiger partial charge in [-0.25, -0.2) is 9.59 Å². The lowest BCUT2D eigenvalue weighted by molar-refractivity contribution is -0.379. The number of aliphatic hydroxyl groups is 8. The zero-order valence-corrected chi connectivity index (χ0v) is 41.3. The Morgan fingerprint density at radius 1 is 0.797 bits per heavy atom. The number of rotatable bonds is 20. The van der Waals surface area contributed by atoms with Crippen LogP contribution in [0.25, 0.3) is 0 Å². The number of hydrogen-bond acceptors (Lipinski definition) is 24. The molecular formula is C48H68N2O24. The van der Waals surface area contributed by atoms with Crippen LogP contribution in [0.15, 0.2) is 12.1 Å². The number of carbonyl (C=O) groups is 4. The molecule has 5 aliphatic heterocycles. The van der Waals surface area contributed by atoms with Crippen molar-refractivity contribution in [2.24, 2.45) is 5.92 Å². The Bertz CT molecular complexity index is 2230. The number of ketones is 1. The van der Waals surface area contributed by atoms with Crippen molar-refractivity contribution in [2.75, 3.05) is 60.3 Å². The number of nitrogens with zero attached hydrogens (tertiary/aromatic N) is 1. The maximum absolute atomic E-state index is 14.0. The first kappa shape index (κ1) is 55.1. The number of carbonyl (C=O) groups excluding carboxylic acids is 3. The van der Waals surface area contributed by atoms with Gasteiger partial charge in [-0.2, -0.15) is 0 Å². The number of carboxylic acid groups (broad SMARTS) is 1. The molecule has 1 amide bonds. The van der Waals surface area contributed by atoms with Crippen molar-refractivity contribution in [3.63, 3.8) is 0 Å². The number of methoxy groups -OCH3 is 2. The van der Waals surface area contributed by atoms with Crippen molar-refractivity contribution in [1.29, 1.82) is 0 Å². The van der Waals surface area contributed by atoms with Gasteiger partial charge in [0.2, 0.25) is 5.91 Å². The molecule has 10 N–H and O–H groups in total. The summed E-state index contributed by atoms with van der Waals surface area (Å²) in [4.78, 5) is 54.7. The van der Waals surface area contributed by atoms with Gasteiger partial charge >= 0.3 is 11.9 Å². The molecule has 6 fully saturated rings. The van der Waals surface area contributed by atoms with Crippen LogP contribution in [0.2, 0.25) is 0 Å². The van der Waals surface area contributed by atoms with Crippen LogP contribution in [0.3, 0.4) is 0 Å². The van der Waals surface area contributed by atoms with Crippen molar-refractivity contribution in [3.8, 4) is 11.5 Å². The Morgan fingerprint density at radius 2 is 1.39 bits per heavy atom. The highest BCUT2D eigenvalue weighted by molar-refractivity contribution is 5.91. The van der Waals surface area contributed by atoms with Gasteiger partial charge in [0.25, 0.3) is 0 Å². The van der Waals surface area contributed by atoms with Crippen LogP contribution < -0.4 is 14.8 Å². The van der Waals surface area contributed by atoms with Crippen LogP contribution in [-0.2, 0) is 73.6 Å². The van der Waals surface area contributed by atoms with E-state index in [1.807, 2.05) is 6.07 Å². The van der Waals surface area contributed by atoms with E-state index in [2.05, 4.69) is 10.2 Å². The van der Waals surface area contributed by atoms with Crippen molar-refractivity contribution >= 4 is 23.6 Å². The standard InChI is InChI=1S/C48H68N2O24/c1-46(2,45(62)71-23-8-7-21-13-27-48(63)10-9-22(52)41-47(48,30(21)37(23)72-41)11-12-50(27)14-20-5-6-20)49-28(53)18-66-16-26-40(73-43-35(60)31(56)38(64-3)24(15-51)68-43)33(58)36(61)44(70-26)74-39-25(17-67-19-29(54)55)69-42(65-4)34(59)32(39)57/h7-8,20,24-27,31-36,38-44,51,56-61,63H,5-6,9-19H2,1-4H3,(H,49,53)(H,54,55)/t24?,25?,26?,27-,31?,32?,33?,34?,35?,36?,38?,39?,40?,41+,42?,43?,44?,47+,48-/m1/s1. The highest BCUT2D eigenvalue weighted by Crippen LogP contribution is 2.65. The van der Waals surface area contributed by atoms with Crippen LogP contribution in [0, 0.1) is 5.92 Å². The molecular weight excluding hydrogens is 989 g/mol. The molecule has 1 spiro atoms. The van der Waals surface area contributed by atoms with Gasteiger partial charge in [0.05, 0.1) is 30.8 Å². The van der Waals surface area contributed by atoms with E-state index in [9.17, 15) is 60.0 Å². The summed E-state index contributed by atoms with van der Waals surface area (Å²) in [7, 11) is 2.38. The summed E-state index contributed by atoms with van der Waals surface area (Å²) in [6.45, 7) is 0.839. The third-order valence-corrected chi connectivity index (χ3v) is 15.9. The number of benzene rings is 1. The third kappa shape index (κ3) is 9.98. The Kier molecular flexibility index (Phi) is 16.1. The van der Waals surface area contributed by atoms with Crippen LogP contribution in [0.1, 0.15) is 57.1 Å². The first-order valence-electron chi connectivity index (χ1n) is 24.9. The van der Waals surface area contributed by atoms with E-state index in [1.165, 1.54) is 28.1 Å². The minimum absolute atomic E-state index is 0.0187. The van der Waals surface area contributed by atoms with Gasteiger partial charge in [0, 0.05) is 38.8 Å². The van der Waals surface area contributed by atoms with E-state index in [0.717, 1.165) is 24.9 Å². The van der Waals surface area contributed by atoms with Crippen LogP contribution >= 0.6 is 0 Å². The van der Waals surface area contributed by atoms with Crippen molar-refractivity contribution in [3.05, 3.63) is 23.3 Å². The summed E-state index contributed by atoms with van der Waals surface area (Å²) in [6, 6.07) is 3.22. The van der Waals surface area contributed by atoms with Crippen molar-refractivity contribution < 1.29 is 117 Å². The van der Waals surface area contributed by atoms with Crippen molar-refractivity contribution in [2.45, 2.75) is 173 Å². The number of aliphatic carboxylic acids is 1. The first-order chi connectivity index (χ1) is 35.2. The second kappa shape index (κ2) is 21.7. The Morgan fingerprint density at radius 3 is 1.99 bits per heavy atom. The van der Waals surface area contributed by atoms with Gasteiger partial charge in [-0.3, -0.25) is 14.5 Å². The molecule has 1 aromatic rings. The zero-order chi connectivity index (χ0) is 53.2. The summed E-state index contributed by atoms with van der Waals surface area (Å²) >= 11 is 0. The van der Waals surface area contributed by atoms with Gasteiger partial charge in [-0.05, 0) is 70.0 Å². The van der Waals surface area contributed by atoms with E-state index in [4.69, 9.17) is 57.2 Å². The lowest BCUT2D eigenvalue weighted by Crippen LogP contribution is -2.76. The number of ether oxygens (including phenoxy) is 11. The largest absolute Gasteiger partial charge is 0.480 e. The zero-order valence-electron chi connectivity index (χ0n) is 41.3. The summed E-state index contributed by atoms with van der Waals surface area (Å²) in [5.41, 5.74) is -2.41. The summed E-state index contributed by atoms with van der Waals surface area (Å²) in [5, 5.41) is 101.